The zero-order valence-corrected chi connectivity index (χ0v) is 13.8. The molecule has 3 heterocycles. The lowest BCUT2D eigenvalue weighted by Crippen LogP contribution is -2.28. The predicted molar refractivity (Wildman–Crippen MR) is 92.4 cm³/mol. The number of rotatable bonds is 2. The molecular formula is C19H14FN3O3. The van der Waals surface area contributed by atoms with Crippen LogP contribution in [0.1, 0.15) is 17.0 Å². The maximum atomic E-state index is 13.9. The summed E-state index contributed by atoms with van der Waals surface area (Å²) in [5.41, 5.74) is 3.90. The number of fused-ring (bicyclic) bond motifs is 4. The molecule has 2 aliphatic rings. The third-order valence-corrected chi connectivity index (χ3v) is 5.05. The molecule has 5 rings (SSSR count). The van der Waals surface area contributed by atoms with Gasteiger partial charge in [-0.25, -0.2) is 4.39 Å². The minimum atomic E-state index is -0.536. The summed E-state index contributed by atoms with van der Waals surface area (Å²) in [5, 5.41) is 8.04. The second-order valence-electron chi connectivity index (χ2n) is 6.39. The number of cyclic esters (lactones) is 1. The number of hydrogen-bond acceptors (Lipinski definition) is 5. The van der Waals surface area contributed by atoms with Crippen molar-refractivity contribution >= 4 is 28.3 Å². The molecule has 1 fully saturated rings. The van der Waals surface area contributed by atoms with Crippen LogP contribution in [-0.4, -0.2) is 35.6 Å². The van der Waals surface area contributed by atoms with E-state index in [0.717, 1.165) is 27.7 Å². The van der Waals surface area contributed by atoms with Gasteiger partial charge in [0.15, 0.2) is 11.6 Å². The largest absolute Gasteiger partial charge is 0.494 e. The number of aliphatic imine (C=N–C) groups is 1. The Hall–Kier alpha value is -3.22. The summed E-state index contributed by atoms with van der Waals surface area (Å²) < 4.78 is 24.3. The summed E-state index contributed by atoms with van der Waals surface area (Å²) >= 11 is 0. The number of benzene rings is 2. The number of H-pyrrole nitrogens is 1. The summed E-state index contributed by atoms with van der Waals surface area (Å²) in [5.74, 6) is -1.52. The van der Waals surface area contributed by atoms with Crippen LogP contribution in [0.3, 0.4) is 0 Å². The molecule has 3 aromatic rings. The van der Waals surface area contributed by atoms with Gasteiger partial charge in [0.25, 0.3) is 0 Å². The van der Waals surface area contributed by atoms with Crippen LogP contribution in [0.25, 0.3) is 10.9 Å². The molecule has 0 spiro atoms. The monoisotopic (exact) mass is 351 g/mol. The second-order valence-corrected chi connectivity index (χ2v) is 6.39. The second kappa shape index (κ2) is 5.39. The van der Waals surface area contributed by atoms with Gasteiger partial charge in [-0.05, 0) is 29.8 Å². The molecule has 26 heavy (non-hydrogen) atoms. The zero-order chi connectivity index (χ0) is 17.8. The number of esters is 1. The molecular weight excluding hydrogens is 337 g/mol. The number of nitrogens with one attached hydrogen (secondary N) is 1. The zero-order valence-electron chi connectivity index (χ0n) is 13.8. The van der Waals surface area contributed by atoms with E-state index in [4.69, 9.17) is 9.47 Å². The predicted octanol–water partition coefficient (Wildman–Crippen LogP) is 3.10. The van der Waals surface area contributed by atoms with E-state index >= 15 is 0 Å². The van der Waals surface area contributed by atoms with Crippen molar-refractivity contribution in [3.05, 3.63) is 53.5 Å². The Morgan fingerprint density at radius 3 is 3.00 bits per heavy atom. The fourth-order valence-electron chi connectivity index (χ4n) is 3.88. The lowest BCUT2D eigenvalue weighted by Gasteiger charge is -2.28. The number of carbonyl (C=O) groups is 1. The SMILES string of the molecule is COc1cc(C2c3c(ccc4cn[nH]c34)N=C3COC(=O)C32)ccc1F. The Morgan fingerprint density at radius 2 is 2.15 bits per heavy atom. The summed E-state index contributed by atoms with van der Waals surface area (Å²) in [6.45, 7) is 0.179. The summed E-state index contributed by atoms with van der Waals surface area (Å²) in [7, 11) is 1.42. The normalized spacial score (nSPS) is 21.2. The fraction of sp³-hybridized carbons (Fsp3) is 0.211. The average molecular weight is 351 g/mol. The van der Waals surface area contributed by atoms with Crippen LogP contribution >= 0.6 is 0 Å². The maximum Gasteiger partial charge on any atom is 0.316 e. The molecule has 0 radical (unpaired) electrons. The number of aromatic amines is 1. The lowest BCUT2D eigenvalue weighted by molar-refractivity contribution is -0.141. The summed E-state index contributed by atoms with van der Waals surface area (Å²) in [4.78, 5) is 17.1. The molecule has 0 aliphatic carbocycles. The van der Waals surface area contributed by atoms with Crippen molar-refractivity contribution in [2.45, 2.75) is 5.92 Å². The van der Waals surface area contributed by atoms with E-state index in [-0.39, 0.29) is 24.2 Å². The van der Waals surface area contributed by atoms with E-state index in [1.165, 1.54) is 13.2 Å². The Balaban J connectivity index is 1.81. The minimum absolute atomic E-state index is 0.135. The highest BCUT2D eigenvalue weighted by Gasteiger charge is 2.45. The van der Waals surface area contributed by atoms with Crippen LogP contribution in [-0.2, 0) is 9.53 Å². The highest BCUT2D eigenvalue weighted by molar-refractivity contribution is 6.12. The number of hydrogen-bond donors (Lipinski definition) is 1. The van der Waals surface area contributed by atoms with E-state index in [1.807, 2.05) is 12.1 Å². The average Bonchev–Trinajstić information content (AvgIpc) is 3.27. The lowest BCUT2D eigenvalue weighted by atomic mass is 9.76. The minimum Gasteiger partial charge on any atom is -0.494 e. The van der Waals surface area contributed by atoms with E-state index in [9.17, 15) is 9.18 Å². The number of methoxy groups -OCH3 is 1. The van der Waals surface area contributed by atoms with E-state index in [2.05, 4.69) is 15.2 Å². The maximum absolute atomic E-state index is 13.9. The van der Waals surface area contributed by atoms with E-state index < -0.39 is 11.7 Å². The summed E-state index contributed by atoms with van der Waals surface area (Å²) in [6, 6.07) is 8.51. The van der Waals surface area contributed by atoms with Crippen LogP contribution in [0.15, 0.2) is 41.5 Å². The number of nitrogens with zero attached hydrogens (tertiary/aromatic N) is 2. The molecule has 0 saturated carbocycles. The van der Waals surface area contributed by atoms with Crippen molar-refractivity contribution < 1.29 is 18.7 Å². The topological polar surface area (TPSA) is 76.6 Å². The van der Waals surface area contributed by atoms with Crippen molar-refractivity contribution in [2.24, 2.45) is 10.9 Å². The van der Waals surface area contributed by atoms with Crippen LogP contribution in [0.2, 0.25) is 0 Å². The van der Waals surface area contributed by atoms with Gasteiger partial charge >= 0.3 is 5.97 Å². The highest BCUT2D eigenvalue weighted by atomic mass is 19.1. The molecule has 0 amide bonds. The molecule has 130 valence electrons. The number of halogens is 1. The Kier molecular flexibility index (Phi) is 3.12. The van der Waals surface area contributed by atoms with Gasteiger partial charge in [-0.1, -0.05) is 6.07 Å². The van der Waals surface area contributed by atoms with Crippen molar-refractivity contribution in [1.29, 1.82) is 0 Å². The quantitative estimate of drug-likeness (QED) is 0.720. The molecule has 2 atom stereocenters. The molecule has 7 heteroatoms. The van der Waals surface area contributed by atoms with Crippen molar-refractivity contribution in [1.82, 2.24) is 10.2 Å². The number of carbonyl (C=O) groups excluding carboxylic acids is 1. The van der Waals surface area contributed by atoms with Crippen LogP contribution in [0.5, 0.6) is 5.75 Å². The Morgan fingerprint density at radius 1 is 1.27 bits per heavy atom. The third kappa shape index (κ3) is 2.00. The van der Waals surface area contributed by atoms with Crippen molar-refractivity contribution in [3.63, 3.8) is 0 Å². The first-order chi connectivity index (χ1) is 12.7. The van der Waals surface area contributed by atoms with Crippen molar-refractivity contribution in [3.8, 4) is 5.75 Å². The molecule has 6 nitrogen and oxygen atoms in total. The van der Waals surface area contributed by atoms with Gasteiger partial charge in [-0.15, -0.1) is 0 Å². The van der Waals surface area contributed by atoms with Crippen LogP contribution in [0.4, 0.5) is 10.1 Å². The van der Waals surface area contributed by atoms with Gasteiger partial charge in [-0.2, -0.15) is 5.10 Å². The fourth-order valence-corrected chi connectivity index (χ4v) is 3.88. The molecule has 2 aliphatic heterocycles. The Bertz CT molecular complexity index is 1090. The van der Waals surface area contributed by atoms with Gasteiger partial charge < -0.3 is 9.47 Å². The van der Waals surface area contributed by atoms with Gasteiger partial charge in [0.05, 0.1) is 30.2 Å². The van der Waals surface area contributed by atoms with E-state index in [0.29, 0.717) is 5.71 Å². The van der Waals surface area contributed by atoms with Gasteiger partial charge in [0.2, 0.25) is 0 Å². The van der Waals surface area contributed by atoms with Crippen LogP contribution in [0, 0.1) is 11.7 Å². The smallest absolute Gasteiger partial charge is 0.316 e. The third-order valence-electron chi connectivity index (χ3n) is 5.05. The molecule has 2 aromatic carbocycles. The van der Waals surface area contributed by atoms with E-state index in [1.54, 1.807) is 18.3 Å². The Labute approximate surface area is 147 Å². The van der Waals surface area contributed by atoms with Gasteiger partial charge in [0.1, 0.15) is 12.5 Å². The first-order valence-corrected chi connectivity index (χ1v) is 8.21. The molecule has 1 aromatic heterocycles. The molecule has 1 N–H and O–H groups in total. The molecule has 2 unspecified atom stereocenters. The van der Waals surface area contributed by atoms with Gasteiger partial charge in [-0.3, -0.25) is 14.9 Å². The van der Waals surface area contributed by atoms with Crippen LogP contribution < -0.4 is 4.74 Å². The molecule has 1 saturated heterocycles. The number of aromatic nitrogens is 2. The standard InChI is InChI=1S/C19H14FN3O3/c1-25-14-6-9(2-4-11(14)20)15-16-12(5-3-10-7-21-23-18(10)16)22-13-8-26-19(24)17(13)15/h2-7,15,17H,8H2,1H3,(H,21,23). The van der Waals surface area contributed by atoms with Gasteiger partial charge in [0, 0.05) is 16.9 Å². The first kappa shape index (κ1) is 15.1. The van der Waals surface area contributed by atoms with Crippen molar-refractivity contribution in [2.75, 3.05) is 13.7 Å². The number of ether oxygens (including phenoxy) is 2. The molecule has 0 bridgehead atoms. The summed E-state index contributed by atoms with van der Waals surface area (Å²) in [6.07, 6.45) is 1.73. The first-order valence-electron chi connectivity index (χ1n) is 8.21. The highest BCUT2D eigenvalue weighted by Crippen LogP contribution is 2.47.